The minimum atomic E-state index is -4.38. The first-order chi connectivity index (χ1) is 13.8. The standard InChI is InChI=1S/C20H21F3N4OS/c1-3-4-8-15-19(26-18(28)16-9-10-24-27(16)2)29-17(25-15)12-13-6-5-7-14(11-13)20(21,22)23/h5-7,9-11H,3-4,8,12H2,1-2H3,(H,26,28). The number of rotatable bonds is 7. The maximum atomic E-state index is 13.0. The van der Waals surface area contributed by atoms with Crippen LogP contribution in [0.25, 0.3) is 0 Å². The highest BCUT2D eigenvalue weighted by molar-refractivity contribution is 7.16. The lowest BCUT2D eigenvalue weighted by Gasteiger charge is -2.07. The van der Waals surface area contributed by atoms with Crippen molar-refractivity contribution in [3.05, 3.63) is 64.1 Å². The van der Waals surface area contributed by atoms with E-state index in [0.29, 0.717) is 27.7 Å². The molecule has 0 radical (unpaired) electrons. The van der Waals surface area contributed by atoms with E-state index in [-0.39, 0.29) is 12.3 Å². The van der Waals surface area contributed by atoms with Crippen LogP contribution < -0.4 is 5.32 Å². The van der Waals surface area contributed by atoms with Crippen molar-refractivity contribution < 1.29 is 18.0 Å². The number of aryl methyl sites for hydroxylation is 2. The van der Waals surface area contributed by atoms with E-state index in [1.165, 1.54) is 22.1 Å². The van der Waals surface area contributed by atoms with Crippen LogP contribution in [0.15, 0.2) is 36.5 Å². The number of aromatic nitrogens is 3. The second-order valence-electron chi connectivity index (χ2n) is 6.66. The van der Waals surface area contributed by atoms with Crippen molar-refractivity contribution in [2.75, 3.05) is 5.32 Å². The maximum Gasteiger partial charge on any atom is 0.416 e. The van der Waals surface area contributed by atoms with E-state index in [1.807, 2.05) is 0 Å². The van der Waals surface area contributed by atoms with Crippen molar-refractivity contribution in [1.29, 1.82) is 0 Å². The number of amides is 1. The molecule has 0 aliphatic heterocycles. The van der Waals surface area contributed by atoms with Gasteiger partial charge in [0.15, 0.2) is 0 Å². The van der Waals surface area contributed by atoms with Crippen LogP contribution in [0, 0.1) is 0 Å². The number of carbonyl (C=O) groups is 1. The summed E-state index contributed by atoms with van der Waals surface area (Å²) in [4.78, 5) is 17.1. The number of nitrogens with one attached hydrogen (secondary N) is 1. The molecule has 2 heterocycles. The Morgan fingerprint density at radius 3 is 2.72 bits per heavy atom. The molecule has 0 fully saturated rings. The lowest BCUT2D eigenvalue weighted by molar-refractivity contribution is -0.137. The van der Waals surface area contributed by atoms with Gasteiger partial charge in [0, 0.05) is 19.7 Å². The number of nitrogens with zero attached hydrogens (tertiary/aromatic N) is 3. The molecule has 3 aromatic rings. The summed E-state index contributed by atoms with van der Waals surface area (Å²) in [6.07, 6.45) is -0.00510. The number of halogens is 3. The normalized spacial score (nSPS) is 11.6. The Morgan fingerprint density at radius 1 is 1.28 bits per heavy atom. The van der Waals surface area contributed by atoms with Crippen molar-refractivity contribution >= 4 is 22.2 Å². The molecule has 9 heteroatoms. The third-order valence-electron chi connectivity index (χ3n) is 4.40. The number of alkyl halides is 3. The number of hydrogen-bond donors (Lipinski definition) is 1. The van der Waals surface area contributed by atoms with E-state index in [2.05, 4.69) is 22.3 Å². The number of unbranched alkanes of at least 4 members (excludes halogenated alkanes) is 1. The average molecular weight is 422 g/mol. The molecule has 5 nitrogen and oxygen atoms in total. The third-order valence-corrected chi connectivity index (χ3v) is 5.41. The molecule has 0 bridgehead atoms. The van der Waals surface area contributed by atoms with Crippen LogP contribution in [0.1, 0.15) is 52.1 Å². The second-order valence-corrected chi connectivity index (χ2v) is 7.74. The molecule has 1 aromatic carbocycles. The fourth-order valence-electron chi connectivity index (χ4n) is 2.88. The van der Waals surface area contributed by atoms with E-state index in [9.17, 15) is 18.0 Å². The Morgan fingerprint density at radius 2 is 2.07 bits per heavy atom. The summed E-state index contributed by atoms with van der Waals surface area (Å²) in [5, 5.41) is 8.17. The molecule has 29 heavy (non-hydrogen) atoms. The Bertz CT molecular complexity index is 994. The van der Waals surface area contributed by atoms with Crippen LogP contribution >= 0.6 is 11.3 Å². The number of benzene rings is 1. The summed E-state index contributed by atoms with van der Waals surface area (Å²) in [7, 11) is 1.68. The summed E-state index contributed by atoms with van der Waals surface area (Å²) in [5.74, 6) is -0.294. The van der Waals surface area contributed by atoms with E-state index in [4.69, 9.17) is 0 Å². The van der Waals surface area contributed by atoms with Crippen molar-refractivity contribution in [2.24, 2.45) is 7.05 Å². The van der Waals surface area contributed by atoms with Crippen LogP contribution in [0.4, 0.5) is 18.2 Å². The van der Waals surface area contributed by atoms with Gasteiger partial charge in [-0.05, 0) is 30.5 Å². The average Bonchev–Trinajstić information content (AvgIpc) is 3.25. The van der Waals surface area contributed by atoms with Crippen molar-refractivity contribution in [3.63, 3.8) is 0 Å². The zero-order valence-electron chi connectivity index (χ0n) is 16.1. The van der Waals surface area contributed by atoms with Gasteiger partial charge in [-0.15, -0.1) is 11.3 Å². The molecule has 0 aliphatic rings. The fourth-order valence-corrected chi connectivity index (χ4v) is 3.92. The smallest absolute Gasteiger partial charge is 0.311 e. The van der Waals surface area contributed by atoms with Crippen LogP contribution in [0.3, 0.4) is 0 Å². The zero-order valence-corrected chi connectivity index (χ0v) is 16.9. The van der Waals surface area contributed by atoms with Gasteiger partial charge in [0.2, 0.25) is 0 Å². The summed E-state index contributed by atoms with van der Waals surface area (Å²) in [6, 6.07) is 6.86. The van der Waals surface area contributed by atoms with Crippen molar-refractivity contribution in [3.8, 4) is 0 Å². The Hall–Kier alpha value is -2.68. The lowest BCUT2D eigenvalue weighted by Crippen LogP contribution is -2.16. The molecule has 2 aromatic heterocycles. The van der Waals surface area contributed by atoms with Gasteiger partial charge < -0.3 is 5.32 Å². The third kappa shape index (κ3) is 5.23. The summed E-state index contributed by atoms with van der Waals surface area (Å²) < 4.78 is 40.3. The summed E-state index contributed by atoms with van der Waals surface area (Å²) >= 11 is 1.30. The van der Waals surface area contributed by atoms with Gasteiger partial charge in [-0.1, -0.05) is 31.5 Å². The Kier molecular flexibility index (Phi) is 6.36. The molecule has 0 atom stereocenters. The van der Waals surface area contributed by atoms with Crippen LogP contribution in [-0.2, 0) is 26.1 Å². The first-order valence-corrected chi connectivity index (χ1v) is 10.0. The van der Waals surface area contributed by atoms with Crippen LogP contribution in [0.2, 0.25) is 0 Å². The summed E-state index contributed by atoms with van der Waals surface area (Å²) in [6.45, 7) is 2.06. The van der Waals surface area contributed by atoms with Gasteiger partial charge in [0.05, 0.1) is 16.3 Å². The molecule has 0 saturated carbocycles. The lowest BCUT2D eigenvalue weighted by atomic mass is 10.1. The highest BCUT2D eigenvalue weighted by Gasteiger charge is 2.30. The molecule has 1 N–H and O–H groups in total. The van der Waals surface area contributed by atoms with Gasteiger partial charge in [-0.2, -0.15) is 18.3 Å². The SMILES string of the molecule is CCCCc1nc(Cc2cccc(C(F)(F)F)c2)sc1NC(=O)c1ccnn1C. The topological polar surface area (TPSA) is 59.8 Å². The van der Waals surface area contributed by atoms with E-state index in [1.54, 1.807) is 25.4 Å². The molecular formula is C20H21F3N4OS. The maximum absolute atomic E-state index is 13.0. The number of anilines is 1. The molecule has 154 valence electrons. The number of hydrogen-bond acceptors (Lipinski definition) is 4. The largest absolute Gasteiger partial charge is 0.416 e. The first-order valence-electron chi connectivity index (χ1n) is 9.22. The highest BCUT2D eigenvalue weighted by Crippen LogP contribution is 2.32. The molecular weight excluding hydrogens is 401 g/mol. The minimum Gasteiger partial charge on any atom is -0.311 e. The Balaban J connectivity index is 1.83. The predicted octanol–water partition coefficient (Wildman–Crippen LogP) is 5.08. The molecule has 0 saturated heterocycles. The summed E-state index contributed by atoms with van der Waals surface area (Å²) in [5.41, 5.74) is 1.02. The highest BCUT2D eigenvalue weighted by atomic mass is 32.1. The molecule has 0 aliphatic carbocycles. The molecule has 0 spiro atoms. The molecule has 1 amide bonds. The van der Waals surface area contributed by atoms with Gasteiger partial charge in [-0.25, -0.2) is 4.98 Å². The monoisotopic (exact) mass is 422 g/mol. The Labute approximate surface area is 170 Å². The van der Waals surface area contributed by atoms with E-state index in [0.717, 1.165) is 30.7 Å². The first kappa shape index (κ1) is 21.0. The zero-order chi connectivity index (χ0) is 21.0. The van der Waals surface area contributed by atoms with Gasteiger partial charge in [0.1, 0.15) is 10.7 Å². The van der Waals surface area contributed by atoms with Gasteiger partial charge >= 0.3 is 6.18 Å². The number of thiazole rings is 1. The van der Waals surface area contributed by atoms with E-state index >= 15 is 0 Å². The van der Waals surface area contributed by atoms with Crippen LogP contribution in [-0.4, -0.2) is 20.7 Å². The van der Waals surface area contributed by atoms with E-state index < -0.39 is 11.7 Å². The molecule has 0 unspecified atom stereocenters. The quantitative estimate of drug-likeness (QED) is 0.578. The van der Waals surface area contributed by atoms with Crippen molar-refractivity contribution in [2.45, 2.75) is 38.8 Å². The van der Waals surface area contributed by atoms with Crippen molar-refractivity contribution in [1.82, 2.24) is 14.8 Å². The fraction of sp³-hybridized carbons (Fsp3) is 0.350. The minimum absolute atomic E-state index is 0.273. The van der Waals surface area contributed by atoms with Gasteiger partial charge in [0.25, 0.3) is 5.91 Å². The second kappa shape index (κ2) is 8.77. The predicted molar refractivity (Wildman–Crippen MR) is 106 cm³/mol. The van der Waals surface area contributed by atoms with Gasteiger partial charge in [-0.3, -0.25) is 9.48 Å². The number of carbonyl (C=O) groups excluding carboxylic acids is 1. The molecule has 3 rings (SSSR count). The van der Waals surface area contributed by atoms with Crippen LogP contribution in [0.5, 0.6) is 0 Å².